The van der Waals surface area contributed by atoms with Crippen LogP contribution in [0.4, 0.5) is 0 Å². The third kappa shape index (κ3) is 1.80. The molecule has 1 unspecified atom stereocenters. The van der Waals surface area contributed by atoms with E-state index in [4.69, 9.17) is 5.73 Å². The van der Waals surface area contributed by atoms with Crippen LogP contribution < -0.4 is 5.73 Å². The second kappa shape index (κ2) is 3.75. The van der Waals surface area contributed by atoms with E-state index in [2.05, 4.69) is 10.1 Å². The molecule has 0 fully saturated rings. The fourth-order valence-electron chi connectivity index (χ4n) is 1.33. The van der Waals surface area contributed by atoms with Crippen LogP contribution in [0.25, 0.3) is 10.6 Å². The molecule has 1 atom stereocenters. The minimum Gasteiger partial charge on any atom is -0.323 e. The Labute approximate surface area is 92.8 Å². The second-order valence-corrected chi connectivity index (χ2v) is 4.49. The average molecular weight is 222 g/mol. The zero-order valence-electron chi connectivity index (χ0n) is 9.06. The molecule has 0 bridgehead atoms. The summed E-state index contributed by atoms with van der Waals surface area (Å²) < 4.78 is 1.85. The molecule has 0 amide bonds. The van der Waals surface area contributed by atoms with Gasteiger partial charge in [0.2, 0.25) is 0 Å². The maximum atomic E-state index is 5.77. The summed E-state index contributed by atoms with van der Waals surface area (Å²) in [5.74, 6) is 0. The zero-order valence-corrected chi connectivity index (χ0v) is 9.88. The molecule has 0 radical (unpaired) electrons. The third-order valence-electron chi connectivity index (χ3n) is 2.45. The van der Waals surface area contributed by atoms with Crippen LogP contribution in [-0.2, 0) is 7.05 Å². The summed E-state index contributed by atoms with van der Waals surface area (Å²) in [4.78, 5) is 4.49. The summed E-state index contributed by atoms with van der Waals surface area (Å²) in [5.41, 5.74) is 8.93. The van der Waals surface area contributed by atoms with E-state index in [0.29, 0.717) is 0 Å². The van der Waals surface area contributed by atoms with Crippen molar-refractivity contribution < 1.29 is 0 Å². The van der Waals surface area contributed by atoms with Gasteiger partial charge in [-0.3, -0.25) is 4.68 Å². The minimum atomic E-state index is -0.00743. The molecule has 80 valence electrons. The Kier molecular flexibility index (Phi) is 2.58. The van der Waals surface area contributed by atoms with Gasteiger partial charge in [-0.25, -0.2) is 4.98 Å². The topological polar surface area (TPSA) is 56.7 Å². The largest absolute Gasteiger partial charge is 0.323 e. The van der Waals surface area contributed by atoms with Crippen LogP contribution in [0.2, 0.25) is 0 Å². The van der Waals surface area contributed by atoms with Gasteiger partial charge in [-0.15, -0.1) is 11.3 Å². The minimum absolute atomic E-state index is 0.00743. The summed E-state index contributed by atoms with van der Waals surface area (Å²) in [5, 5.41) is 7.20. The van der Waals surface area contributed by atoms with Crippen LogP contribution in [0.3, 0.4) is 0 Å². The summed E-state index contributed by atoms with van der Waals surface area (Å²) in [6, 6.07) is -0.00743. The Morgan fingerprint density at radius 2 is 2.27 bits per heavy atom. The molecular weight excluding hydrogens is 208 g/mol. The van der Waals surface area contributed by atoms with Crippen LogP contribution in [0.5, 0.6) is 0 Å². The van der Waals surface area contributed by atoms with Crippen LogP contribution in [0.1, 0.15) is 24.4 Å². The van der Waals surface area contributed by atoms with E-state index < -0.39 is 0 Å². The van der Waals surface area contributed by atoms with Crippen molar-refractivity contribution in [3.8, 4) is 10.6 Å². The van der Waals surface area contributed by atoms with Crippen molar-refractivity contribution >= 4 is 11.3 Å². The fourth-order valence-corrected chi connectivity index (χ4v) is 2.31. The number of hydrogen-bond acceptors (Lipinski definition) is 4. The summed E-state index contributed by atoms with van der Waals surface area (Å²) >= 11 is 1.61. The van der Waals surface area contributed by atoms with Crippen LogP contribution in [0, 0.1) is 6.92 Å². The maximum absolute atomic E-state index is 5.77. The lowest BCUT2D eigenvalue weighted by Gasteiger charge is -1.98. The molecule has 0 saturated carbocycles. The van der Waals surface area contributed by atoms with E-state index >= 15 is 0 Å². The number of aryl methyl sites for hydroxylation is 1. The summed E-state index contributed by atoms with van der Waals surface area (Å²) in [6.45, 7) is 3.98. The fraction of sp³-hybridized carbons (Fsp3) is 0.400. The number of rotatable bonds is 2. The van der Waals surface area contributed by atoms with E-state index in [1.54, 1.807) is 11.3 Å². The first-order valence-corrected chi connectivity index (χ1v) is 5.67. The Hall–Kier alpha value is -1.20. The van der Waals surface area contributed by atoms with Crippen molar-refractivity contribution in [2.24, 2.45) is 12.8 Å². The van der Waals surface area contributed by atoms with Gasteiger partial charge in [0.15, 0.2) is 0 Å². The number of nitrogens with two attached hydrogens (primary N) is 1. The van der Waals surface area contributed by atoms with E-state index in [0.717, 1.165) is 22.0 Å². The Balaban J connectivity index is 2.41. The summed E-state index contributed by atoms with van der Waals surface area (Å²) in [6.07, 6.45) is 1.85. The van der Waals surface area contributed by atoms with Gasteiger partial charge in [0, 0.05) is 24.2 Å². The van der Waals surface area contributed by atoms with E-state index in [-0.39, 0.29) is 6.04 Å². The molecular formula is C10H14N4S. The van der Waals surface area contributed by atoms with Gasteiger partial charge in [-0.1, -0.05) is 0 Å². The van der Waals surface area contributed by atoms with Crippen molar-refractivity contribution in [3.05, 3.63) is 23.0 Å². The van der Waals surface area contributed by atoms with Crippen molar-refractivity contribution in [2.45, 2.75) is 19.9 Å². The molecule has 0 aliphatic heterocycles. The molecule has 2 rings (SSSR count). The highest BCUT2D eigenvalue weighted by Crippen LogP contribution is 2.27. The van der Waals surface area contributed by atoms with Gasteiger partial charge >= 0.3 is 0 Å². The highest BCUT2D eigenvalue weighted by Gasteiger charge is 2.12. The van der Waals surface area contributed by atoms with Gasteiger partial charge in [0.25, 0.3) is 0 Å². The van der Waals surface area contributed by atoms with Gasteiger partial charge in [0.1, 0.15) is 5.01 Å². The van der Waals surface area contributed by atoms with E-state index in [1.165, 1.54) is 0 Å². The maximum Gasteiger partial charge on any atom is 0.127 e. The SMILES string of the molecule is Cc1c(-c2nc(C(C)N)cs2)cnn1C. The smallest absolute Gasteiger partial charge is 0.127 e. The Bertz CT molecular complexity index is 469. The normalized spacial score (nSPS) is 13.1. The van der Waals surface area contributed by atoms with Crippen molar-refractivity contribution in [3.63, 3.8) is 0 Å². The standard InChI is InChI=1S/C10H14N4S/c1-6(11)9-5-15-10(13-9)8-4-12-14(3)7(8)2/h4-6H,11H2,1-3H3. The quantitative estimate of drug-likeness (QED) is 0.844. The first-order valence-electron chi connectivity index (χ1n) is 4.79. The number of thiazole rings is 1. The molecule has 2 N–H and O–H groups in total. The van der Waals surface area contributed by atoms with Crippen LogP contribution in [0.15, 0.2) is 11.6 Å². The third-order valence-corrected chi connectivity index (χ3v) is 3.35. The number of aromatic nitrogens is 3. The average Bonchev–Trinajstić information content (AvgIpc) is 2.76. The molecule has 2 aromatic heterocycles. The molecule has 2 aromatic rings. The molecule has 15 heavy (non-hydrogen) atoms. The first-order chi connectivity index (χ1) is 7.09. The monoisotopic (exact) mass is 222 g/mol. The molecule has 5 heteroatoms. The van der Waals surface area contributed by atoms with E-state index in [1.807, 2.05) is 37.2 Å². The van der Waals surface area contributed by atoms with Crippen LogP contribution >= 0.6 is 11.3 Å². The lowest BCUT2D eigenvalue weighted by atomic mass is 10.2. The highest BCUT2D eigenvalue weighted by atomic mass is 32.1. The molecule has 0 saturated heterocycles. The van der Waals surface area contributed by atoms with Crippen molar-refractivity contribution in [1.82, 2.24) is 14.8 Å². The molecule has 4 nitrogen and oxygen atoms in total. The highest BCUT2D eigenvalue weighted by molar-refractivity contribution is 7.13. The number of hydrogen-bond donors (Lipinski definition) is 1. The molecule has 0 spiro atoms. The van der Waals surface area contributed by atoms with Gasteiger partial charge < -0.3 is 5.73 Å². The predicted octanol–water partition coefficient (Wildman–Crippen LogP) is 1.87. The zero-order chi connectivity index (χ0) is 11.0. The van der Waals surface area contributed by atoms with Gasteiger partial charge in [-0.2, -0.15) is 5.10 Å². The predicted molar refractivity (Wildman–Crippen MR) is 61.7 cm³/mol. The Morgan fingerprint density at radius 3 is 2.73 bits per heavy atom. The van der Waals surface area contributed by atoms with E-state index in [9.17, 15) is 0 Å². The Morgan fingerprint density at radius 1 is 1.53 bits per heavy atom. The van der Waals surface area contributed by atoms with Crippen LogP contribution in [-0.4, -0.2) is 14.8 Å². The van der Waals surface area contributed by atoms with Gasteiger partial charge in [0.05, 0.1) is 17.5 Å². The lowest BCUT2D eigenvalue weighted by molar-refractivity contribution is 0.740. The number of nitrogens with zero attached hydrogens (tertiary/aromatic N) is 3. The van der Waals surface area contributed by atoms with Gasteiger partial charge in [-0.05, 0) is 13.8 Å². The van der Waals surface area contributed by atoms with Crippen molar-refractivity contribution in [2.75, 3.05) is 0 Å². The summed E-state index contributed by atoms with van der Waals surface area (Å²) in [7, 11) is 1.93. The first kappa shape index (κ1) is 10.3. The molecule has 0 aliphatic rings. The molecule has 2 heterocycles. The van der Waals surface area contributed by atoms with Crippen molar-refractivity contribution in [1.29, 1.82) is 0 Å². The lowest BCUT2D eigenvalue weighted by Crippen LogP contribution is -2.04. The second-order valence-electron chi connectivity index (χ2n) is 3.63. The molecule has 0 aliphatic carbocycles. The molecule has 0 aromatic carbocycles.